The summed E-state index contributed by atoms with van der Waals surface area (Å²) in [7, 11) is 1.98. The molecule has 1 aromatic rings. The first-order valence-corrected chi connectivity index (χ1v) is 6.06. The lowest BCUT2D eigenvalue weighted by Gasteiger charge is -2.35. The fraction of sp³-hybridized carbons (Fsp3) is 0.615. The molecule has 2 aliphatic heterocycles. The highest BCUT2D eigenvalue weighted by Gasteiger charge is 2.46. The number of nitrogens with zero attached hydrogens (tertiary/aromatic N) is 1. The molecule has 3 rings (SSSR count). The van der Waals surface area contributed by atoms with E-state index in [0.29, 0.717) is 22.6 Å². The minimum absolute atomic E-state index is 0.0417. The van der Waals surface area contributed by atoms with Crippen molar-refractivity contribution >= 4 is 0 Å². The van der Waals surface area contributed by atoms with Crippen LogP contribution in [0.1, 0.15) is 47.6 Å². The van der Waals surface area contributed by atoms with Crippen molar-refractivity contribution in [3.63, 3.8) is 0 Å². The maximum absolute atomic E-state index is 12.3. The highest BCUT2D eigenvalue weighted by Crippen LogP contribution is 2.46. The van der Waals surface area contributed by atoms with Gasteiger partial charge in [0.05, 0.1) is 5.56 Å². The fourth-order valence-corrected chi connectivity index (χ4v) is 3.18. The van der Waals surface area contributed by atoms with E-state index in [0.717, 1.165) is 12.8 Å². The molecule has 0 radical (unpaired) electrons. The van der Waals surface area contributed by atoms with Crippen LogP contribution in [0.2, 0.25) is 0 Å². The Bertz CT molecular complexity index is 534. The number of hydrogen-bond acceptors (Lipinski definition) is 4. The summed E-state index contributed by atoms with van der Waals surface area (Å²) in [6.45, 7) is 3.57. The monoisotopic (exact) mass is 235 g/mol. The van der Waals surface area contributed by atoms with Crippen molar-refractivity contribution in [3.8, 4) is 0 Å². The summed E-state index contributed by atoms with van der Waals surface area (Å²) < 4.78 is 5.68. The minimum Gasteiger partial charge on any atom is -0.463 e. The third-order valence-electron chi connectivity index (χ3n) is 4.36. The van der Waals surface area contributed by atoms with Crippen LogP contribution in [0.5, 0.6) is 0 Å². The van der Waals surface area contributed by atoms with Crippen LogP contribution < -0.4 is 5.43 Å². The number of aryl methyl sites for hydroxylation is 1. The van der Waals surface area contributed by atoms with Gasteiger partial charge in [-0.2, -0.15) is 0 Å². The van der Waals surface area contributed by atoms with Gasteiger partial charge in [0.25, 0.3) is 0 Å². The van der Waals surface area contributed by atoms with E-state index in [1.165, 1.54) is 0 Å². The van der Waals surface area contributed by atoms with Gasteiger partial charge >= 0.3 is 0 Å². The number of aliphatic hydroxyl groups is 1. The lowest BCUT2D eigenvalue weighted by molar-refractivity contribution is 0.0336. The average Bonchev–Trinajstić information content (AvgIpc) is 2.59. The number of likely N-dealkylation sites (N-methyl/N-ethyl adjacent to an activating group) is 1. The molecule has 0 aliphatic carbocycles. The van der Waals surface area contributed by atoms with Gasteiger partial charge in [-0.05, 0) is 33.7 Å². The molecule has 4 nitrogen and oxygen atoms in total. The molecule has 17 heavy (non-hydrogen) atoms. The molecule has 3 atom stereocenters. The molecular weight excluding hydrogens is 218 g/mol. The van der Waals surface area contributed by atoms with Crippen LogP contribution in [0.4, 0.5) is 0 Å². The molecule has 0 unspecified atom stereocenters. The zero-order valence-electron chi connectivity index (χ0n) is 10.4. The lowest BCUT2D eigenvalue weighted by atomic mass is 9.95. The molecule has 1 aromatic heterocycles. The topological polar surface area (TPSA) is 53.7 Å². The third kappa shape index (κ3) is 1.28. The minimum atomic E-state index is -0.666. The van der Waals surface area contributed by atoms with E-state index in [9.17, 15) is 9.90 Å². The van der Waals surface area contributed by atoms with Crippen molar-refractivity contribution in [2.75, 3.05) is 7.05 Å². The van der Waals surface area contributed by atoms with Gasteiger partial charge in [0.15, 0.2) is 5.43 Å². The van der Waals surface area contributed by atoms with Crippen LogP contribution >= 0.6 is 0 Å². The van der Waals surface area contributed by atoms with Gasteiger partial charge in [-0.3, -0.25) is 9.69 Å². The summed E-state index contributed by atoms with van der Waals surface area (Å²) in [5, 5.41) is 10.3. The number of fused-ring (bicyclic) bond motifs is 4. The summed E-state index contributed by atoms with van der Waals surface area (Å²) in [5.41, 5.74) is 1.38. The summed E-state index contributed by atoms with van der Waals surface area (Å²) in [6, 6.07) is 0.215. The van der Waals surface area contributed by atoms with Crippen LogP contribution in [-0.2, 0) is 0 Å². The molecule has 1 N–H and O–H groups in total. The molecule has 0 spiro atoms. The lowest BCUT2D eigenvalue weighted by Crippen LogP contribution is -2.40. The zero-order valence-corrected chi connectivity index (χ0v) is 10.4. The van der Waals surface area contributed by atoms with E-state index in [-0.39, 0.29) is 17.5 Å². The van der Waals surface area contributed by atoms with Crippen molar-refractivity contribution in [1.29, 1.82) is 0 Å². The number of aliphatic hydroxyl groups excluding tert-OH is 1. The van der Waals surface area contributed by atoms with Crippen LogP contribution in [0, 0.1) is 13.8 Å². The van der Waals surface area contributed by atoms with Gasteiger partial charge in [-0.15, -0.1) is 0 Å². The Morgan fingerprint density at radius 2 is 2.06 bits per heavy atom. The van der Waals surface area contributed by atoms with E-state index >= 15 is 0 Å². The second-order valence-corrected chi connectivity index (χ2v) is 5.16. The van der Waals surface area contributed by atoms with E-state index in [1.54, 1.807) is 13.8 Å². The Hall–Kier alpha value is -1.13. The normalized spacial score (nSPS) is 31.6. The Labute approximate surface area is 99.9 Å². The van der Waals surface area contributed by atoms with Crippen LogP contribution in [0.15, 0.2) is 9.21 Å². The van der Waals surface area contributed by atoms with Crippen LogP contribution in [0.25, 0.3) is 0 Å². The summed E-state index contributed by atoms with van der Waals surface area (Å²) in [6.07, 6.45) is 1.18. The molecule has 3 heterocycles. The molecule has 0 amide bonds. The molecule has 92 valence electrons. The molecule has 0 aromatic carbocycles. The largest absolute Gasteiger partial charge is 0.463 e. The van der Waals surface area contributed by atoms with Gasteiger partial charge in [-0.25, -0.2) is 0 Å². The van der Waals surface area contributed by atoms with Gasteiger partial charge in [-0.1, -0.05) is 0 Å². The molecule has 1 fully saturated rings. The van der Waals surface area contributed by atoms with Crippen molar-refractivity contribution in [2.24, 2.45) is 0 Å². The standard InChI is InChI=1S/C13H17NO3/c1-6-7(2)17-13-10(11(6)15)8-4-5-9(12(13)16)14(8)3/h8-9,12,16H,4-5H2,1-3H3/t8-,9+,12-/m1/s1. The number of rotatable bonds is 0. The molecule has 2 aliphatic rings. The smallest absolute Gasteiger partial charge is 0.193 e. The van der Waals surface area contributed by atoms with E-state index in [2.05, 4.69) is 4.90 Å². The Morgan fingerprint density at radius 3 is 2.76 bits per heavy atom. The SMILES string of the molecule is Cc1oc2c(c(=O)c1C)[C@H]1CC[C@@H]([C@H]2O)N1C. The van der Waals surface area contributed by atoms with Gasteiger partial charge in [0, 0.05) is 17.6 Å². The van der Waals surface area contributed by atoms with E-state index in [4.69, 9.17) is 4.42 Å². The predicted octanol–water partition coefficient (Wildman–Crippen LogP) is 1.44. The first-order valence-electron chi connectivity index (χ1n) is 6.06. The predicted molar refractivity (Wildman–Crippen MR) is 62.9 cm³/mol. The Balaban J connectivity index is 2.31. The third-order valence-corrected chi connectivity index (χ3v) is 4.36. The van der Waals surface area contributed by atoms with Gasteiger partial charge in [0.1, 0.15) is 17.6 Å². The van der Waals surface area contributed by atoms with Crippen molar-refractivity contribution in [1.82, 2.24) is 4.90 Å². The molecule has 2 bridgehead atoms. The molecule has 1 saturated heterocycles. The van der Waals surface area contributed by atoms with Gasteiger partial charge in [0.2, 0.25) is 0 Å². The quantitative estimate of drug-likeness (QED) is 0.739. The van der Waals surface area contributed by atoms with Crippen molar-refractivity contribution in [2.45, 2.75) is 44.9 Å². The van der Waals surface area contributed by atoms with Crippen molar-refractivity contribution in [3.05, 3.63) is 32.9 Å². The van der Waals surface area contributed by atoms with Crippen molar-refractivity contribution < 1.29 is 9.52 Å². The average molecular weight is 235 g/mol. The summed E-state index contributed by atoms with van der Waals surface area (Å²) in [5.74, 6) is 1.13. The first-order chi connectivity index (χ1) is 8.02. The maximum atomic E-state index is 12.3. The molecule has 0 saturated carbocycles. The Morgan fingerprint density at radius 1 is 1.35 bits per heavy atom. The first kappa shape index (κ1) is 11.0. The summed E-state index contributed by atoms with van der Waals surface area (Å²) in [4.78, 5) is 14.4. The maximum Gasteiger partial charge on any atom is 0.193 e. The van der Waals surface area contributed by atoms with E-state index in [1.807, 2.05) is 7.05 Å². The van der Waals surface area contributed by atoms with Crippen LogP contribution in [0.3, 0.4) is 0 Å². The highest BCUT2D eigenvalue weighted by molar-refractivity contribution is 5.34. The summed E-state index contributed by atoms with van der Waals surface area (Å²) >= 11 is 0. The highest BCUT2D eigenvalue weighted by atomic mass is 16.4. The number of hydrogen-bond donors (Lipinski definition) is 1. The second-order valence-electron chi connectivity index (χ2n) is 5.16. The fourth-order valence-electron chi connectivity index (χ4n) is 3.18. The van der Waals surface area contributed by atoms with E-state index < -0.39 is 6.10 Å². The van der Waals surface area contributed by atoms with Crippen LogP contribution in [-0.4, -0.2) is 23.1 Å². The zero-order chi connectivity index (χ0) is 12.3. The Kier molecular flexibility index (Phi) is 2.22. The molecular formula is C13H17NO3. The molecule has 4 heteroatoms. The van der Waals surface area contributed by atoms with Gasteiger partial charge < -0.3 is 9.52 Å². The second kappa shape index (κ2) is 3.43.